The van der Waals surface area contributed by atoms with Crippen molar-refractivity contribution in [3.63, 3.8) is 0 Å². The molecule has 2 saturated heterocycles. The molecule has 19 nitrogen and oxygen atoms in total. The highest BCUT2D eigenvalue weighted by atomic mass is 16.7. The second-order valence-electron chi connectivity index (χ2n) is 24.4. The highest BCUT2D eigenvalue weighted by molar-refractivity contribution is 6.01. The van der Waals surface area contributed by atoms with Gasteiger partial charge in [-0.25, -0.2) is 4.79 Å². The van der Waals surface area contributed by atoms with Crippen LogP contribution in [0.4, 0.5) is 0 Å². The van der Waals surface area contributed by atoms with Gasteiger partial charge in [-0.05, 0) is 118 Å². The number of primary amides is 1. The Hall–Kier alpha value is -5.69. The predicted molar refractivity (Wildman–Crippen MR) is 299 cm³/mol. The van der Waals surface area contributed by atoms with E-state index in [-0.39, 0.29) is 102 Å². The van der Waals surface area contributed by atoms with Crippen molar-refractivity contribution in [1.29, 1.82) is 0 Å². The molecule has 79 heavy (non-hydrogen) atoms. The number of methoxy groups -OCH3 is 1. The molecule has 2 aromatic rings. The van der Waals surface area contributed by atoms with E-state index in [0.29, 0.717) is 75.4 Å². The third kappa shape index (κ3) is 15.0. The molecule has 19 heteroatoms. The van der Waals surface area contributed by atoms with Gasteiger partial charge in [0.25, 0.3) is 11.8 Å². The van der Waals surface area contributed by atoms with E-state index >= 15 is 0 Å². The number of likely N-dealkylation sites (N-methyl/N-ethyl adjacent to an activating group) is 1. The van der Waals surface area contributed by atoms with E-state index < -0.39 is 59.8 Å². The molecule has 0 radical (unpaired) electrons. The summed E-state index contributed by atoms with van der Waals surface area (Å²) < 4.78 is 6.02. The molecule has 1 aromatic heterocycles. The molecule has 1 aromatic carbocycles. The zero-order valence-corrected chi connectivity index (χ0v) is 48.9. The van der Waals surface area contributed by atoms with Gasteiger partial charge in [-0.3, -0.25) is 43.3 Å². The van der Waals surface area contributed by atoms with Crippen LogP contribution in [-0.4, -0.2) is 137 Å². The summed E-state index contributed by atoms with van der Waals surface area (Å²) in [6.45, 7) is 19.2. The Morgan fingerprint density at radius 3 is 2.16 bits per heavy atom. The van der Waals surface area contributed by atoms with Crippen molar-refractivity contribution in [1.82, 2.24) is 35.8 Å². The van der Waals surface area contributed by atoms with Crippen molar-refractivity contribution < 1.29 is 52.7 Å². The number of likely N-dealkylation sites (tertiary alicyclic amines) is 1. The fourth-order valence-corrected chi connectivity index (χ4v) is 13.5. The van der Waals surface area contributed by atoms with E-state index in [4.69, 9.17) is 15.3 Å². The minimum Gasteiger partial charge on any atom is -0.378 e. The number of benzene rings is 1. The summed E-state index contributed by atoms with van der Waals surface area (Å²) in [4.78, 5) is 131. The SMILES string of the molecule is CC[C@H](C)[C@@]1([C@H](C)CC(=O)N2CCC[C@H]2[C@H](OC)[C@@H](C)C(=O)N[C@@H](Cc2c[nH]c3ccccc23)C(N)=O)C[C@@H]1CC(C)C(=O)[C@@H](NC(=O)[C@H](C(C)C)N(C)CCCC(=O)NC1CCC(C(=O)ON2C(=O)CCC2=O)CC1)C(C)C. The molecule has 7 amide bonds. The molecule has 2 aliphatic carbocycles. The first kappa shape index (κ1) is 62.5. The monoisotopic (exact) mass is 1100 g/mol. The average molecular weight is 1100 g/mol. The maximum Gasteiger partial charge on any atom is 0.336 e. The standard InChI is InChI=1S/C60H92N8O11/c1-12-37(7)60(38(8)30-51(72)67-28-15-19-47(67)55(78-11)39(9)57(75)64-46(56(61)74)31-41-33-62-45-18-14-13-17-44(41)45)32-42(60)29-36(6)54(73)52(34(2)3)65-58(76)53(35(4)5)66(10)27-16-20-48(69)63-43-23-21-40(22-24-43)59(77)79-68-49(70)25-26-50(68)71/h13-14,17-18,33-40,42-43,46-47,52-53,55,62H,12,15-16,19-32H2,1-11H3,(H2,61,74)(H,63,69)(H,64,75)(H,65,76)/t36?,37-,38+,39+,40?,42-,43?,46-,47-,52-,53-,55+,60+/m0/s1. The summed E-state index contributed by atoms with van der Waals surface area (Å²) in [5.41, 5.74) is 7.47. The zero-order chi connectivity index (χ0) is 58.0. The van der Waals surface area contributed by atoms with E-state index in [1.807, 2.05) is 81.9 Å². The number of hydroxylamine groups is 2. The number of aromatic nitrogens is 1. The summed E-state index contributed by atoms with van der Waals surface area (Å²) in [7, 11) is 3.42. The Labute approximate surface area is 467 Å². The lowest BCUT2D eigenvalue weighted by atomic mass is 9.73. The van der Waals surface area contributed by atoms with Gasteiger partial charge in [0.05, 0.1) is 36.1 Å². The fraction of sp³-hybridized carbons (Fsp3) is 0.717. The van der Waals surface area contributed by atoms with Gasteiger partial charge in [0.2, 0.25) is 29.5 Å². The first-order chi connectivity index (χ1) is 37.4. The van der Waals surface area contributed by atoms with Crippen molar-refractivity contribution in [2.45, 2.75) is 195 Å². The number of fused-ring (bicyclic) bond motifs is 1. The maximum absolute atomic E-state index is 14.5. The number of hydrogen-bond donors (Lipinski definition) is 5. The quantitative estimate of drug-likeness (QED) is 0.0575. The van der Waals surface area contributed by atoms with Gasteiger partial charge in [0, 0.05) is 74.8 Å². The number of hydrogen-bond acceptors (Lipinski definition) is 12. The molecule has 1 unspecified atom stereocenters. The Morgan fingerprint density at radius 2 is 1.54 bits per heavy atom. The molecule has 438 valence electrons. The average Bonchev–Trinajstić information content (AvgIpc) is 3.64. The lowest BCUT2D eigenvalue weighted by Gasteiger charge is -2.36. The number of H-pyrrole nitrogens is 1. The van der Waals surface area contributed by atoms with Crippen molar-refractivity contribution in [3.8, 4) is 0 Å². The lowest BCUT2D eigenvalue weighted by molar-refractivity contribution is -0.201. The minimum atomic E-state index is -0.943. The van der Waals surface area contributed by atoms with Gasteiger partial charge < -0.3 is 41.1 Å². The number of imide groups is 1. The van der Waals surface area contributed by atoms with Crippen LogP contribution in [0.1, 0.15) is 158 Å². The molecule has 4 aliphatic rings. The van der Waals surface area contributed by atoms with E-state index in [9.17, 15) is 43.2 Å². The summed E-state index contributed by atoms with van der Waals surface area (Å²) in [5, 5.41) is 10.6. The van der Waals surface area contributed by atoms with Crippen LogP contribution in [0, 0.1) is 52.8 Å². The molecule has 0 spiro atoms. The van der Waals surface area contributed by atoms with Crippen LogP contribution < -0.4 is 21.7 Å². The summed E-state index contributed by atoms with van der Waals surface area (Å²) in [6.07, 6.45) is 8.55. The van der Waals surface area contributed by atoms with Gasteiger partial charge in [0.15, 0.2) is 5.78 Å². The van der Waals surface area contributed by atoms with Crippen LogP contribution in [0.25, 0.3) is 10.9 Å². The van der Waals surface area contributed by atoms with Gasteiger partial charge in [0.1, 0.15) is 6.04 Å². The summed E-state index contributed by atoms with van der Waals surface area (Å²) >= 11 is 0. The van der Waals surface area contributed by atoms with Crippen LogP contribution in [0.5, 0.6) is 0 Å². The number of para-hydroxylation sites is 1. The number of nitrogens with zero attached hydrogens (tertiary/aromatic N) is 3. The maximum atomic E-state index is 14.5. The van der Waals surface area contributed by atoms with E-state index in [1.165, 1.54) is 0 Å². The highest BCUT2D eigenvalue weighted by Crippen LogP contribution is 2.66. The van der Waals surface area contributed by atoms with Crippen LogP contribution in [0.15, 0.2) is 30.5 Å². The molecular formula is C60H92N8O11. The third-order valence-electron chi connectivity index (χ3n) is 18.4. The first-order valence-electron chi connectivity index (χ1n) is 29.3. The number of aromatic amines is 1. The number of carbonyl (C=O) groups excluding carboxylic acids is 9. The number of rotatable bonds is 29. The molecule has 6 rings (SSSR count). The normalized spacial score (nSPS) is 24.4. The highest BCUT2D eigenvalue weighted by Gasteiger charge is 2.60. The molecular weight excluding hydrogens is 1010 g/mol. The molecule has 0 bridgehead atoms. The van der Waals surface area contributed by atoms with Gasteiger partial charge in [-0.1, -0.05) is 86.9 Å². The van der Waals surface area contributed by atoms with E-state index in [1.54, 1.807) is 14.0 Å². The molecule has 6 N–H and O–H groups in total. The van der Waals surface area contributed by atoms with Crippen molar-refractivity contribution in [3.05, 3.63) is 36.0 Å². The van der Waals surface area contributed by atoms with Crippen molar-refractivity contribution in [2.24, 2.45) is 58.5 Å². The number of carbonyl (C=O) groups is 9. The molecule has 3 heterocycles. The second kappa shape index (κ2) is 27.7. The van der Waals surface area contributed by atoms with Crippen molar-refractivity contribution >= 4 is 64.0 Å². The number of ketones is 1. The van der Waals surface area contributed by atoms with Crippen LogP contribution >= 0.6 is 0 Å². The molecule has 4 fully saturated rings. The van der Waals surface area contributed by atoms with Crippen LogP contribution in [0.2, 0.25) is 0 Å². The Balaban J connectivity index is 0.981. The molecule has 2 saturated carbocycles. The predicted octanol–water partition coefficient (Wildman–Crippen LogP) is 6.16. The smallest absolute Gasteiger partial charge is 0.336 e. The van der Waals surface area contributed by atoms with Crippen LogP contribution in [-0.2, 0) is 59.1 Å². The van der Waals surface area contributed by atoms with E-state index in [2.05, 4.69) is 41.7 Å². The number of nitrogens with two attached hydrogens (primary N) is 1. The number of Topliss-reactive ketones (excluding diaryl/α,β-unsaturated/α-hetero) is 1. The van der Waals surface area contributed by atoms with Gasteiger partial charge >= 0.3 is 5.97 Å². The van der Waals surface area contributed by atoms with Crippen LogP contribution in [0.3, 0.4) is 0 Å². The Bertz CT molecular complexity index is 2490. The minimum absolute atomic E-state index is 0.00892. The van der Waals surface area contributed by atoms with Crippen molar-refractivity contribution in [2.75, 3.05) is 27.2 Å². The topological polar surface area (TPSA) is 260 Å². The molecule has 2 aliphatic heterocycles. The summed E-state index contributed by atoms with van der Waals surface area (Å²) in [5.74, 6) is -4.19. The fourth-order valence-electron chi connectivity index (χ4n) is 13.5. The number of nitrogens with one attached hydrogen (secondary N) is 4. The first-order valence-corrected chi connectivity index (χ1v) is 29.3. The summed E-state index contributed by atoms with van der Waals surface area (Å²) in [6, 6.07) is 5.10. The largest absolute Gasteiger partial charge is 0.378 e. The third-order valence-corrected chi connectivity index (χ3v) is 18.4. The Morgan fingerprint density at radius 1 is 0.873 bits per heavy atom. The second-order valence-corrected chi connectivity index (χ2v) is 24.4. The number of amides is 7. The number of ether oxygens (including phenoxy) is 1. The van der Waals surface area contributed by atoms with Gasteiger partial charge in [-0.2, -0.15) is 0 Å². The van der Waals surface area contributed by atoms with Gasteiger partial charge in [-0.15, -0.1) is 5.06 Å². The lowest BCUT2D eigenvalue weighted by Crippen LogP contribution is -2.55. The zero-order valence-electron chi connectivity index (χ0n) is 48.9. The Kier molecular flexibility index (Phi) is 21.9. The van der Waals surface area contributed by atoms with E-state index in [0.717, 1.165) is 35.7 Å². The molecule has 11 atom stereocenters.